The molecule has 0 saturated heterocycles. The molecule has 1 atom stereocenters. The quantitative estimate of drug-likeness (QED) is 0.852. The summed E-state index contributed by atoms with van der Waals surface area (Å²) in [6, 6.07) is 0.741. The highest BCUT2D eigenvalue weighted by atomic mass is 35.5. The van der Waals surface area contributed by atoms with E-state index in [4.69, 9.17) is 16.7 Å². The van der Waals surface area contributed by atoms with Crippen LogP contribution in [0.25, 0.3) is 0 Å². The molecule has 1 aliphatic heterocycles. The first-order valence-corrected chi connectivity index (χ1v) is 6.05. The molecule has 0 spiro atoms. The van der Waals surface area contributed by atoms with Gasteiger partial charge in [-0.05, 0) is 13.0 Å². The number of aromatic nitrogens is 1. The van der Waals surface area contributed by atoms with Crippen LogP contribution in [0, 0.1) is 0 Å². The zero-order chi connectivity index (χ0) is 16.0. The summed E-state index contributed by atoms with van der Waals surface area (Å²) in [5, 5.41) is 12.9. The fourth-order valence-corrected chi connectivity index (χ4v) is 2.31. The van der Waals surface area contributed by atoms with E-state index in [0.29, 0.717) is 6.20 Å². The molecular formula is C12H10ClF3N3O2+. The van der Waals surface area contributed by atoms with Crippen molar-refractivity contribution in [3.05, 3.63) is 34.6 Å². The normalized spacial score (nSPS) is 22.0. The number of aliphatic carboxylic acids is 1. The van der Waals surface area contributed by atoms with Gasteiger partial charge in [0.25, 0.3) is 5.82 Å². The topological polar surface area (TPSA) is 62.5 Å². The van der Waals surface area contributed by atoms with E-state index in [2.05, 4.69) is 10.1 Å². The average molecular weight is 321 g/mol. The maximum atomic E-state index is 12.6. The molecule has 0 radical (unpaired) electrons. The van der Waals surface area contributed by atoms with E-state index in [1.807, 2.05) is 0 Å². The van der Waals surface area contributed by atoms with Crippen molar-refractivity contribution in [2.75, 3.05) is 7.05 Å². The molecule has 1 aliphatic rings. The van der Waals surface area contributed by atoms with E-state index in [-0.39, 0.29) is 22.1 Å². The highest BCUT2D eigenvalue weighted by Crippen LogP contribution is 2.37. The first kappa shape index (κ1) is 15.5. The Labute approximate surface area is 122 Å². The summed E-state index contributed by atoms with van der Waals surface area (Å²) >= 11 is 5.86. The van der Waals surface area contributed by atoms with Gasteiger partial charge in [0.2, 0.25) is 0 Å². The Bertz CT molecular complexity index is 685. The SMILES string of the molecule is CC1=N[N+](C)(c2ncc(C(F)(F)F)cc2Cl)C=C1C(=O)O. The molecule has 0 amide bonds. The van der Waals surface area contributed by atoms with Gasteiger partial charge in [0.15, 0.2) is 0 Å². The van der Waals surface area contributed by atoms with Crippen molar-refractivity contribution in [3.8, 4) is 0 Å². The number of hydrogen-bond acceptors (Lipinski definition) is 3. The predicted octanol–water partition coefficient (Wildman–Crippen LogP) is 3.05. The lowest BCUT2D eigenvalue weighted by Crippen LogP contribution is -2.32. The number of quaternary nitrogens is 1. The van der Waals surface area contributed by atoms with Crippen LogP contribution in [0.15, 0.2) is 29.1 Å². The second-order valence-corrected chi connectivity index (χ2v) is 4.99. The van der Waals surface area contributed by atoms with Crippen molar-refractivity contribution in [1.82, 2.24) is 9.58 Å². The van der Waals surface area contributed by atoms with E-state index in [0.717, 1.165) is 6.07 Å². The van der Waals surface area contributed by atoms with E-state index >= 15 is 0 Å². The van der Waals surface area contributed by atoms with Gasteiger partial charge in [0, 0.05) is 6.20 Å². The number of hydrogen-bond donors (Lipinski definition) is 1. The lowest BCUT2D eigenvalue weighted by Gasteiger charge is -2.20. The number of pyridine rings is 1. The van der Waals surface area contributed by atoms with Crippen LogP contribution in [0.3, 0.4) is 0 Å². The van der Waals surface area contributed by atoms with Crippen molar-refractivity contribution in [2.45, 2.75) is 13.1 Å². The Kier molecular flexibility index (Phi) is 3.54. The number of rotatable bonds is 2. The van der Waals surface area contributed by atoms with Gasteiger partial charge in [-0.3, -0.25) is 0 Å². The van der Waals surface area contributed by atoms with Crippen LogP contribution in [0.2, 0.25) is 5.02 Å². The van der Waals surface area contributed by atoms with E-state index in [1.54, 1.807) is 0 Å². The lowest BCUT2D eigenvalue weighted by atomic mass is 10.2. The number of carboxylic acids is 1. The largest absolute Gasteiger partial charge is 0.477 e. The van der Waals surface area contributed by atoms with E-state index in [1.165, 1.54) is 20.2 Å². The first-order chi connectivity index (χ1) is 9.54. The average Bonchev–Trinajstić information content (AvgIpc) is 2.64. The zero-order valence-electron chi connectivity index (χ0n) is 10.9. The summed E-state index contributed by atoms with van der Waals surface area (Å²) in [4.78, 5) is 14.7. The molecule has 1 N–H and O–H groups in total. The summed E-state index contributed by atoms with van der Waals surface area (Å²) < 4.78 is 37.3. The number of alkyl halides is 3. The molecule has 2 heterocycles. The van der Waals surface area contributed by atoms with Gasteiger partial charge in [-0.2, -0.15) is 13.2 Å². The third-order valence-corrected chi connectivity index (χ3v) is 3.21. The van der Waals surface area contributed by atoms with Crippen LogP contribution in [0.1, 0.15) is 12.5 Å². The summed E-state index contributed by atoms with van der Waals surface area (Å²) in [5.74, 6) is -1.17. The van der Waals surface area contributed by atoms with Crippen LogP contribution >= 0.6 is 11.6 Å². The van der Waals surface area contributed by atoms with Gasteiger partial charge in [-0.25, -0.2) is 9.78 Å². The molecule has 2 rings (SSSR count). The van der Waals surface area contributed by atoms with Gasteiger partial charge in [0.1, 0.15) is 29.6 Å². The molecule has 112 valence electrons. The van der Waals surface area contributed by atoms with Gasteiger partial charge < -0.3 is 5.11 Å². The highest BCUT2D eigenvalue weighted by molar-refractivity contribution is 6.33. The third kappa shape index (κ3) is 2.77. The Balaban J connectivity index is 2.52. The van der Waals surface area contributed by atoms with Crippen molar-refractivity contribution >= 4 is 29.1 Å². The first-order valence-electron chi connectivity index (χ1n) is 5.67. The Hall–Kier alpha value is -1.93. The minimum absolute atomic E-state index is 0.0141. The Morgan fingerprint density at radius 1 is 1.43 bits per heavy atom. The fraction of sp³-hybridized carbons (Fsp3) is 0.250. The molecule has 1 aromatic rings. The molecule has 1 aromatic heterocycles. The van der Waals surface area contributed by atoms with Crippen LogP contribution in [0.4, 0.5) is 19.0 Å². The number of carboxylic acid groups (broad SMARTS) is 1. The smallest absolute Gasteiger partial charge is 0.417 e. The molecule has 0 saturated carbocycles. The lowest BCUT2D eigenvalue weighted by molar-refractivity contribution is -0.138. The van der Waals surface area contributed by atoms with Crippen LogP contribution in [0.5, 0.6) is 0 Å². The molecule has 9 heteroatoms. The minimum atomic E-state index is -4.56. The fourth-order valence-electron chi connectivity index (χ4n) is 1.98. The van der Waals surface area contributed by atoms with Gasteiger partial charge in [-0.15, -0.1) is 4.59 Å². The maximum absolute atomic E-state index is 12.6. The Morgan fingerprint density at radius 2 is 2.05 bits per heavy atom. The van der Waals surface area contributed by atoms with Crippen molar-refractivity contribution in [1.29, 1.82) is 0 Å². The van der Waals surface area contributed by atoms with E-state index < -0.39 is 22.3 Å². The van der Waals surface area contributed by atoms with Crippen LogP contribution in [-0.4, -0.2) is 28.8 Å². The van der Waals surface area contributed by atoms with Gasteiger partial charge in [-0.1, -0.05) is 16.7 Å². The predicted molar refractivity (Wildman–Crippen MR) is 70.8 cm³/mol. The molecule has 0 aliphatic carbocycles. The van der Waals surface area contributed by atoms with Gasteiger partial charge >= 0.3 is 12.1 Å². The third-order valence-electron chi connectivity index (χ3n) is 2.94. The van der Waals surface area contributed by atoms with Crippen molar-refractivity contribution < 1.29 is 23.1 Å². The van der Waals surface area contributed by atoms with Crippen molar-refractivity contribution in [2.24, 2.45) is 5.10 Å². The summed E-state index contributed by atoms with van der Waals surface area (Å²) in [6.07, 6.45) is -2.65. The molecule has 21 heavy (non-hydrogen) atoms. The zero-order valence-corrected chi connectivity index (χ0v) is 11.7. The minimum Gasteiger partial charge on any atom is -0.477 e. The standard InChI is InChI=1S/C12H9ClF3N3O2/c1-6-8(11(20)21)5-19(2,18-6)10-9(13)3-7(4-17-10)12(14,15)16/h3-5H,1-2H3/p+1. The number of nitrogens with zero attached hydrogens (tertiary/aromatic N) is 3. The molecule has 0 aromatic carbocycles. The number of carbonyl (C=O) groups is 1. The molecule has 0 bridgehead atoms. The molecular weight excluding hydrogens is 311 g/mol. The number of halogens is 4. The highest BCUT2D eigenvalue weighted by Gasteiger charge is 2.39. The molecule has 5 nitrogen and oxygen atoms in total. The van der Waals surface area contributed by atoms with Gasteiger partial charge in [0.05, 0.1) is 5.56 Å². The second-order valence-electron chi connectivity index (χ2n) is 4.59. The van der Waals surface area contributed by atoms with E-state index in [9.17, 15) is 18.0 Å². The molecule has 1 unspecified atom stereocenters. The van der Waals surface area contributed by atoms with Crippen LogP contribution in [-0.2, 0) is 11.0 Å². The molecule has 0 fully saturated rings. The Morgan fingerprint density at radius 3 is 2.48 bits per heavy atom. The monoisotopic (exact) mass is 320 g/mol. The summed E-state index contributed by atoms with van der Waals surface area (Å²) in [5.41, 5.74) is -0.789. The maximum Gasteiger partial charge on any atom is 0.417 e. The summed E-state index contributed by atoms with van der Waals surface area (Å²) in [7, 11) is 1.47. The van der Waals surface area contributed by atoms with Crippen molar-refractivity contribution in [3.63, 3.8) is 0 Å². The summed E-state index contributed by atoms with van der Waals surface area (Å²) in [6.45, 7) is 1.49. The van der Waals surface area contributed by atoms with Crippen LogP contribution < -0.4 is 4.59 Å². The second kappa shape index (κ2) is 4.81.